The van der Waals surface area contributed by atoms with E-state index in [2.05, 4.69) is 17.2 Å². The van der Waals surface area contributed by atoms with Crippen LogP contribution in [0.25, 0.3) is 0 Å². The van der Waals surface area contributed by atoms with Crippen molar-refractivity contribution in [1.82, 2.24) is 5.32 Å². The Kier molecular flexibility index (Phi) is 2.62. The van der Waals surface area contributed by atoms with Gasteiger partial charge in [0.25, 0.3) is 0 Å². The smallest absolute Gasteiger partial charge is 0.407 e. The second kappa shape index (κ2) is 3.91. The van der Waals surface area contributed by atoms with Crippen LogP contribution in [-0.4, -0.2) is 19.2 Å². The van der Waals surface area contributed by atoms with Gasteiger partial charge in [0, 0.05) is 31.7 Å². The number of hydrogen-bond donors (Lipinski definition) is 1. The van der Waals surface area contributed by atoms with E-state index in [1.54, 1.807) is 7.05 Å². The number of amides is 1. The quantitative estimate of drug-likeness (QED) is 0.641. The van der Waals surface area contributed by atoms with Gasteiger partial charge >= 0.3 is 6.09 Å². The predicted molar refractivity (Wildman–Crippen MR) is 52.6 cm³/mol. The molecule has 3 heteroatoms. The van der Waals surface area contributed by atoms with Gasteiger partial charge in [-0.1, -0.05) is 0 Å². The third kappa shape index (κ3) is 1.84. The Hall–Kier alpha value is -1.17. The average Bonchev–Trinajstić information content (AvgIpc) is 2.75. The van der Waals surface area contributed by atoms with E-state index in [-0.39, 0.29) is 12.2 Å². The molecule has 0 bridgehead atoms. The van der Waals surface area contributed by atoms with Gasteiger partial charge in [0.05, 0.1) is 0 Å². The van der Waals surface area contributed by atoms with Gasteiger partial charge in [0.1, 0.15) is 6.10 Å². The summed E-state index contributed by atoms with van der Waals surface area (Å²) in [5, 5.41) is 2.48. The fourth-order valence-corrected chi connectivity index (χ4v) is 2.18. The van der Waals surface area contributed by atoms with Crippen molar-refractivity contribution in [2.45, 2.75) is 31.8 Å². The van der Waals surface area contributed by atoms with Crippen molar-refractivity contribution in [2.24, 2.45) is 11.8 Å². The highest BCUT2D eigenvalue weighted by Gasteiger charge is 2.51. The molecule has 0 spiro atoms. The highest BCUT2D eigenvalue weighted by Crippen LogP contribution is 2.48. The molecule has 0 radical (unpaired) electrons. The standard InChI is InChI=1S/C11H15NO2/c1-12-11(13)14-10-8-6-4-2-3-5-7-9(8)10/h8-10H,4-7H2,1H3,(H,12,13). The fourth-order valence-electron chi connectivity index (χ4n) is 2.18. The first-order valence-corrected chi connectivity index (χ1v) is 5.17. The molecule has 1 saturated carbocycles. The van der Waals surface area contributed by atoms with Gasteiger partial charge in [0.15, 0.2) is 0 Å². The zero-order chi connectivity index (χ0) is 9.97. The molecule has 2 aliphatic rings. The molecule has 1 amide bonds. The summed E-state index contributed by atoms with van der Waals surface area (Å²) in [6.07, 6.45) is 3.92. The maximum atomic E-state index is 11.0. The molecule has 0 saturated heterocycles. The maximum absolute atomic E-state index is 11.0. The van der Waals surface area contributed by atoms with E-state index in [4.69, 9.17) is 4.74 Å². The topological polar surface area (TPSA) is 38.3 Å². The van der Waals surface area contributed by atoms with E-state index in [1.165, 1.54) is 0 Å². The van der Waals surface area contributed by atoms with E-state index in [0.29, 0.717) is 11.8 Å². The number of carbonyl (C=O) groups is 1. The molecular weight excluding hydrogens is 178 g/mol. The van der Waals surface area contributed by atoms with Crippen molar-refractivity contribution >= 4 is 6.09 Å². The Morgan fingerprint density at radius 3 is 2.36 bits per heavy atom. The van der Waals surface area contributed by atoms with E-state index in [0.717, 1.165) is 25.7 Å². The zero-order valence-corrected chi connectivity index (χ0v) is 8.38. The Bertz CT molecular complexity index is 271. The van der Waals surface area contributed by atoms with Crippen LogP contribution in [0.4, 0.5) is 4.79 Å². The lowest BCUT2D eigenvalue weighted by Crippen LogP contribution is -2.21. The minimum atomic E-state index is -0.303. The first-order valence-electron chi connectivity index (χ1n) is 5.17. The Morgan fingerprint density at radius 2 is 1.86 bits per heavy atom. The maximum Gasteiger partial charge on any atom is 0.407 e. The van der Waals surface area contributed by atoms with E-state index in [9.17, 15) is 4.79 Å². The van der Waals surface area contributed by atoms with Crippen LogP contribution in [0.1, 0.15) is 25.7 Å². The van der Waals surface area contributed by atoms with Crippen LogP contribution in [0.5, 0.6) is 0 Å². The molecule has 2 aliphatic carbocycles. The van der Waals surface area contributed by atoms with Gasteiger partial charge in [-0.25, -0.2) is 4.79 Å². The van der Waals surface area contributed by atoms with Crippen LogP contribution < -0.4 is 5.32 Å². The molecule has 1 N–H and O–H groups in total. The summed E-state index contributed by atoms with van der Waals surface area (Å²) in [5.41, 5.74) is 0. The van der Waals surface area contributed by atoms with Crippen molar-refractivity contribution in [1.29, 1.82) is 0 Å². The van der Waals surface area contributed by atoms with Crippen LogP contribution in [0.15, 0.2) is 0 Å². The lowest BCUT2D eigenvalue weighted by Gasteiger charge is -2.01. The second-order valence-corrected chi connectivity index (χ2v) is 3.88. The normalized spacial score (nSPS) is 33.9. The molecule has 0 aromatic carbocycles. The van der Waals surface area contributed by atoms with Crippen LogP contribution >= 0.6 is 0 Å². The van der Waals surface area contributed by atoms with Gasteiger partial charge in [-0.05, 0) is 12.8 Å². The number of nitrogens with one attached hydrogen (secondary N) is 1. The van der Waals surface area contributed by atoms with Gasteiger partial charge < -0.3 is 10.1 Å². The van der Waals surface area contributed by atoms with Crippen molar-refractivity contribution < 1.29 is 9.53 Å². The molecule has 76 valence electrons. The van der Waals surface area contributed by atoms with Gasteiger partial charge in [0.2, 0.25) is 0 Å². The molecular formula is C11H15NO2. The van der Waals surface area contributed by atoms with E-state index < -0.39 is 0 Å². The third-order valence-corrected chi connectivity index (χ3v) is 3.03. The van der Waals surface area contributed by atoms with Crippen molar-refractivity contribution in [2.75, 3.05) is 7.05 Å². The summed E-state index contributed by atoms with van der Waals surface area (Å²) in [7, 11) is 1.59. The third-order valence-electron chi connectivity index (χ3n) is 3.03. The minimum Gasteiger partial charge on any atom is -0.446 e. The molecule has 14 heavy (non-hydrogen) atoms. The first-order chi connectivity index (χ1) is 6.83. The molecule has 0 aliphatic heterocycles. The lowest BCUT2D eigenvalue weighted by molar-refractivity contribution is 0.130. The highest BCUT2D eigenvalue weighted by molar-refractivity contribution is 5.67. The van der Waals surface area contributed by atoms with E-state index >= 15 is 0 Å². The summed E-state index contributed by atoms with van der Waals surface area (Å²) in [6.45, 7) is 0. The van der Waals surface area contributed by atoms with Crippen LogP contribution in [-0.2, 0) is 4.74 Å². The number of hydrogen-bond acceptors (Lipinski definition) is 2. The van der Waals surface area contributed by atoms with Crippen LogP contribution in [0.2, 0.25) is 0 Å². The van der Waals surface area contributed by atoms with Crippen molar-refractivity contribution in [3.05, 3.63) is 0 Å². The first kappa shape index (κ1) is 9.39. The number of alkyl carbamates (subject to hydrolysis) is 1. The molecule has 3 nitrogen and oxygen atoms in total. The highest BCUT2D eigenvalue weighted by atomic mass is 16.6. The Balaban J connectivity index is 1.85. The number of rotatable bonds is 1. The molecule has 2 rings (SSSR count). The minimum absolute atomic E-state index is 0.150. The number of ether oxygens (including phenoxy) is 1. The monoisotopic (exact) mass is 193 g/mol. The van der Waals surface area contributed by atoms with E-state index in [1.807, 2.05) is 0 Å². The fraction of sp³-hybridized carbons (Fsp3) is 0.727. The molecule has 2 unspecified atom stereocenters. The molecule has 2 atom stereocenters. The summed E-state index contributed by atoms with van der Waals surface area (Å²) in [6, 6.07) is 0. The largest absolute Gasteiger partial charge is 0.446 e. The van der Waals surface area contributed by atoms with Gasteiger partial charge in [-0.2, -0.15) is 0 Å². The molecule has 0 heterocycles. The molecule has 1 fully saturated rings. The summed E-state index contributed by atoms with van der Waals surface area (Å²) < 4.78 is 5.26. The average molecular weight is 193 g/mol. The van der Waals surface area contributed by atoms with Gasteiger partial charge in [-0.15, -0.1) is 11.8 Å². The van der Waals surface area contributed by atoms with Crippen LogP contribution in [0.3, 0.4) is 0 Å². The van der Waals surface area contributed by atoms with Crippen molar-refractivity contribution in [3.8, 4) is 11.8 Å². The lowest BCUT2D eigenvalue weighted by atomic mass is 10.1. The predicted octanol–water partition coefficient (Wildman–Crippen LogP) is 1.53. The molecule has 0 aromatic rings. The SMILES string of the molecule is CNC(=O)OC1C2CCC#CCCC21. The van der Waals surface area contributed by atoms with Crippen molar-refractivity contribution in [3.63, 3.8) is 0 Å². The summed E-state index contributed by atoms with van der Waals surface area (Å²) >= 11 is 0. The summed E-state index contributed by atoms with van der Waals surface area (Å²) in [5.74, 6) is 7.39. The Morgan fingerprint density at radius 1 is 1.29 bits per heavy atom. The Labute approximate surface area is 84.2 Å². The zero-order valence-electron chi connectivity index (χ0n) is 8.38. The molecule has 0 aromatic heterocycles. The number of carbonyl (C=O) groups excluding carboxylic acids is 1. The van der Waals surface area contributed by atoms with Gasteiger partial charge in [-0.3, -0.25) is 0 Å². The summed E-state index contributed by atoms with van der Waals surface area (Å²) in [4.78, 5) is 11.0. The number of fused-ring (bicyclic) bond motifs is 1. The van der Waals surface area contributed by atoms with Crippen LogP contribution in [0, 0.1) is 23.7 Å². The second-order valence-electron chi connectivity index (χ2n) is 3.88.